The van der Waals surface area contributed by atoms with Gasteiger partial charge in [-0.15, -0.1) is 0 Å². The third-order valence-electron chi connectivity index (χ3n) is 5.80. The van der Waals surface area contributed by atoms with E-state index in [9.17, 15) is 9.59 Å². The van der Waals surface area contributed by atoms with Crippen LogP contribution in [0.1, 0.15) is 83.0 Å². The first kappa shape index (κ1) is 25.2. The molecule has 0 aliphatic carbocycles. The van der Waals surface area contributed by atoms with Gasteiger partial charge in [0.1, 0.15) is 6.61 Å². The molecular formula is C30H34O4. The molecule has 4 heteroatoms. The lowest BCUT2D eigenvalue weighted by molar-refractivity contribution is -0.00133. The lowest BCUT2D eigenvalue weighted by Crippen LogP contribution is -2.19. The van der Waals surface area contributed by atoms with E-state index in [0.29, 0.717) is 11.1 Å². The highest BCUT2D eigenvalue weighted by Crippen LogP contribution is 2.21. The molecule has 3 rings (SSSR count). The second kappa shape index (κ2) is 13.3. The monoisotopic (exact) mass is 458 g/mol. The Morgan fingerprint density at radius 3 is 1.68 bits per heavy atom. The molecule has 0 bridgehead atoms. The second-order valence-corrected chi connectivity index (χ2v) is 8.50. The van der Waals surface area contributed by atoms with E-state index < -0.39 is 18.0 Å². The summed E-state index contributed by atoms with van der Waals surface area (Å²) < 4.78 is 11.3. The van der Waals surface area contributed by atoms with E-state index in [1.165, 1.54) is 11.1 Å². The maximum Gasteiger partial charge on any atom is 0.338 e. The van der Waals surface area contributed by atoms with Crippen LogP contribution in [0.3, 0.4) is 0 Å². The van der Waals surface area contributed by atoms with E-state index in [4.69, 9.17) is 9.47 Å². The first-order chi connectivity index (χ1) is 16.6. The number of rotatable bonds is 12. The minimum Gasteiger partial charge on any atom is -0.458 e. The van der Waals surface area contributed by atoms with Gasteiger partial charge >= 0.3 is 11.9 Å². The van der Waals surface area contributed by atoms with E-state index in [2.05, 4.69) is 13.8 Å². The SMILES string of the molecule is CCCCc1ccc(C(=O)OCC(OC(=O)c2ccc(CCCC)cc2)c2ccccc2)cc1. The Morgan fingerprint density at radius 1 is 0.676 bits per heavy atom. The van der Waals surface area contributed by atoms with Crippen molar-refractivity contribution < 1.29 is 19.1 Å². The van der Waals surface area contributed by atoms with Crippen LogP contribution in [0, 0.1) is 0 Å². The van der Waals surface area contributed by atoms with Crippen molar-refractivity contribution in [1.29, 1.82) is 0 Å². The van der Waals surface area contributed by atoms with Crippen LogP contribution in [0.25, 0.3) is 0 Å². The normalized spacial score (nSPS) is 11.6. The number of hydrogen-bond acceptors (Lipinski definition) is 4. The van der Waals surface area contributed by atoms with Crippen molar-refractivity contribution in [1.82, 2.24) is 0 Å². The summed E-state index contributed by atoms with van der Waals surface area (Å²) in [5.41, 5.74) is 4.15. The average Bonchev–Trinajstić information content (AvgIpc) is 2.89. The molecule has 0 N–H and O–H groups in total. The van der Waals surface area contributed by atoms with E-state index in [-0.39, 0.29) is 6.61 Å². The van der Waals surface area contributed by atoms with Crippen LogP contribution >= 0.6 is 0 Å². The summed E-state index contributed by atoms with van der Waals surface area (Å²) in [4.78, 5) is 25.5. The van der Waals surface area contributed by atoms with Crippen LogP contribution in [0.4, 0.5) is 0 Å². The lowest BCUT2D eigenvalue weighted by atomic mass is 10.1. The van der Waals surface area contributed by atoms with Gasteiger partial charge in [-0.3, -0.25) is 0 Å². The van der Waals surface area contributed by atoms with Gasteiger partial charge in [-0.05, 0) is 66.6 Å². The van der Waals surface area contributed by atoms with Crippen LogP contribution in [0.2, 0.25) is 0 Å². The fraction of sp³-hybridized carbons (Fsp3) is 0.333. The topological polar surface area (TPSA) is 52.6 Å². The van der Waals surface area contributed by atoms with Crippen molar-refractivity contribution in [3.05, 3.63) is 107 Å². The zero-order valence-corrected chi connectivity index (χ0v) is 20.2. The van der Waals surface area contributed by atoms with E-state index >= 15 is 0 Å². The summed E-state index contributed by atoms with van der Waals surface area (Å²) in [5.74, 6) is -0.869. The van der Waals surface area contributed by atoms with Gasteiger partial charge in [-0.2, -0.15) is 0 Å². The number of unbranched alkanes of at least 4 members (excludes halogenated alkanes) is 2. The summed E-state index contributed by atoms with van der Waals surface area (Å²) in [5, 5.41) is 0. The van der Waals surface area contributed by atoms with E-state index in [1.807, 2.05) is 54.6 Å². The number of aryl methyl sites for hydroxylation is 2. The van der Waals surface area contributed by atoms with Gasteiger partial charge in [0.25, 0.3) is 0 Å². The number of ether oxygens (including phenoxy) is 2. The molecule has 3 aromatic rings. The Hall–Kier alpha value is -3.40. The molecule has 0 aromatic heterocycles. The molecule has 0 saturated heterocycles. The molecule has 0 spiro atoms. The highest BCUT2D eigenvalue weighted by Gasteiger charge is 2.21. The fourth-order valence-electron chi connectivity index (χ4n) is 3.67. The van der Waals surface area contributed by atoms with E-state index in [1.54, 1.807) is 24.3 Å². The molecule has 0 aliphatic rings. The highest BCUT2D eigenvalue weighted by molar-refractivity contribution is 5.90. The van der Waals surface area contributed by atoms with Gasteiger partial charge in [0.05, 0.1) is 11.1 Å². The Bertz CT molecular complexity index is 1020. The molecule has 0 aliphatic heterocycles. The smallest absolute Gasteiger partial charge is 0.338 e. The maximum absolute atomic E-state index is 12.8. The Kier molecular flexibility index (Phi) is 9.90. The molecule has 178 valence electrons. The quantitative estimate of drug-likeness (QED) is 0.271. The molecule has 3 aromatic carbocycles. The van der Waals surface area contributed by atoms with Crippen molar-refractivity contribution >= 4 is 11.9 Å². The third-order valence-corrected chi connectivity index (χ3v) is 5.80. The summed E-state index contributed by atoms with van der Waals surface area (Å²) in [6.45, 7) is 4.26. The molecule has 1 unspecified atom stereocenters. The van der Waals surface area contributed by atoms with Crippen LogP contribution in [-0.4, -0.2) is 18.5 Å². The Morgan fingerprint density at radius 2 is 1.18 bits per heavy atom. The minimum absolute atomic E-state index is 0.0548. The number of esters is 2. The van der Waals surface area contributed by atoms with Crippen molar-refractivity contribution in [3.63, 3.8) is 0 Å². The largest absolute Gasteiger partial charge is 0.458 e. The van der Waals surface area contributed by atoms with Gasteiger partial charge < -0.3 is 9.47 Å². The average molecular weight is 459 g/mol. The van der Waals surface area contributed by atoms with Crippen molar-refractivity contribution in [3.8, 4) is 0 Å². The van der Waals surface area contributed by atoms with Crippen molar-refractivity contribution in [2.24, 2.45) is 0 Å². The first-order valence-electron chi connectivity index (χ1n) is 12.2. The molecule has 0 saturated carbocycles. The van der Waals surface area contributed by atoms with Gasteiger partial charge in [0.2, 0.25) is 0 Å². The number of hydrogen-bond donors (Lipinski definition) is 0. The number of benzene rings is 3. The molecule has 1 atom stereocenters. The third kappa shape index (κ3) is 7.58. The summed E-state index contributed by atoms with van der Waals surface area (Å²) in [7, 11) is 0. The molecule has 34 heavy (non-hydrogen) atoms. The maximum atomic E-state index is 12.8. The van der Waals surface area contributed by atoms with Crippen molar-refractivity contribution in [2.45, 2.75) is 58.5 Å². The van der Waals surface area contributed by atoms with Crippen LogP contribution in [0.15, 0.2) is 78.9 Å². The number of carbonyl (C=O) groups is 2. The standard InChI is InChI=1S/C30H34O4/c1-3-5-10-23-14-18-26(19-15-23)29(31)33-22-28(25-12-8-7-9-13-25)34-30(32)27-20-16-24(17-21-27)11-6-4-2/h7-9,12-21,28H,3-6,10-11,22H2,1-2H3. The molecule has 0 radical (unpaired) electrons. The van der Waals surface area contributed by atoms with E-state index in [0.717, 1.165) is 44.1 Å². The molecule has 4 nitrogen and oxygen atoms in total. The molecule has 0 heterocycles. The van der Waals surface area contributed by atoms with Gasteiger partial charge in [0.15, 0.2) is 6.10 Å². The van der Waals surface area contributed by atoms with Gasteiger partial charge in [0, 0.05) is 0 Å². The number of carbonyl (C=O) groups excluding carboxylic acids is 2. The summed E-state index contributed by atoms with van der Waals surface area (Å²) in [6.07, 6.45) is 5.80. The predicted octanol–water partition coefficient (Wildman–Crippen LogP) is 7.13. The molecule has 0 amide bonds. The predicted molar refractivity (Wildman–Crippen MR) is 135 cm³/mol. The first-order valence-corrected chi connectivity index (χ1v) is 12.2. The van der Waals surface area contributed by atoms with Gasteiger partial charge in [-0.25, -0.2) is 9.59 Å². The zero-order chi connectivity index (χ0) is 24.2. The molecule has 0 fully saturated rings. The zero-order valence-electron chi connectivity index (χ0n) is 20.2. The van der Waals surface area contributed by atoms with Gasteiger partial charge in [-0.1, -0.05) is 81.3 Å². The van der Waals surface area contributed by atoms with Crippen LogP contribution in [-0.2, 0) is 22.3 Å². The minimum atomic E-state index is -0.693. The second-order valence-electron chi connectivity index (χ2n) is 8.50. The molecular weight excluding hydrogens is 424 g/mol. The Balaban J connectivity index is 1.64. The summed E-state index contributed by atoms with van der Waals surface area (Å²) >= 11 is 0. The fourth-order valence-corrected chi connectivity index (χ4v) is 3.67. The van der Waals surface area contributed by atoms with Crippen LogP contribution < -0.4 is 0 Å². The van der Waals surface area contributed by atoms with Crippen LogP contribution in [0.5, 0.6) is 0 Å². The Labute approximate surface area is 202 Å². The highest BCUT2D eigenvalue weighted by atomic mass is 16.6. The van der Waals surface area contributed by atoms with Crippen molar-refractivity contribution in [2.75, 3.05) is 6.61 Å². The summed E-state index contributed by atoms with van der Waals surface area (Å²) in [6, 6.07) is 24.4. The lowest BCUT2D eigenvalue weighted by Gasteiger charge is -2.19.